The summed E-state index contributed by atoms with van der Waals surface area (Å²) >= 11 is 1.34. The first-order chi connectivity index (χ1) is 18.7. The van der Waals surface area contributed by atoms with E-state index in [0.29, 0.717) is 5.13 Å². The van der Waals surface area contributed by atoms with Crippen LogP contribution in [0.1, 0.15) is 58.1 Å². The first-order valence-corrected chi connectivity index (χ1v) is 13.5. The lowest BCUT2D eigenvalue weighted by molar-refractivity contribution is -0.135. The molecule has 1 aliphatic rings. The first-order valence-electron chi connectivity index (χ1n) is 12.7. The van der Waals surface area contributed by atoms with Crippen LogP contribution in [0.15, 0.2) is 36.1 Å². The molecule has 1 aliphatic carbocycles. The standard InChI is InChI=1S/C29H30F2N2O5S/c1-4-6-18(37-2)10-9-16-7-5-8-20-19(16)11-12-25-26(20)32-29(39-25)33-27(34)17-13-22(30)21(23(31)14-17)15-24(38-3)28(35)36/h5,7-8,13-15,18H,4,6,9-12H2,1-3H3,(H,35,36)(H,32,33,34)/b24-15+. The molecule has 0 radical (unpaired) electrons. The predicted molar refractivity (Wildman–Crippen MR) is 146 cm³/mol. The number of aromatic nitrogens is 1. The van der Waals surface area contributed by atoms with Crippen LogP contribution in [0.2, 0.25) is 0 Å². The van der Waals surface area contributed by atoms with Gasteiger partial charge in [-0.1, -0.05) is 31.5 Å². The number of anilines is 1. The second kappa shape index (κ2) is 12.5. The summed E-state index contributed by atoms with van der Waals surface area (Å²) in [6, 6.07) is 7.89. The number of hydrogen-bond acceptors (Lipinski definition) is 6. The molecule has 1 atom stereocenters. The molecule has 3 aromatic rings. The molecule has 1 aromatic heterocycles. The topological polar surface area (TPSA) is 97.8 Å². The zero-order valence-electron chi connectivity index (χ0n) is 22.0. The minimum Gasteiger partial charge on any atom is -0.490 e. The third kappa shape index (κ3) is 6.34. The maximum atomic E-state index is 14.6. The zero-order valence-corrected chi connectivity index (χ0v) is 22.8. The molecule has 4 rings (SSSR count). The van der Waals surface area contributed by atoms with E-state index in [1.807, 2.05) is 12.1 Å². The van der Waals surface area contributed by atoms with Crippen molar-refractivity contribution in [2.75, 3.05) is 19.5 Å². The summed E-state index contributed by atoms with van der Waals surface area (Å²) in [5.74, 6) is -5.03. The van der Waals surface area contributed by atoms with Gasteiger partial charge in [-0.15, -0.1) is 11.3 Å². The van der Waals surface area contributed by atoms with Gasteiger partial charge < -0.3 is 14.6 Å². The van der Waals surface area contributed by atoms with Crippen LogP contribution in [0, 0.1) is 11.6 Å². The van der Waals surface area contributed by atoms with Crippen molar-refractivity contribution in [2.24, 2.45) is 0 Å². The van der Waals surface area contributed by atoms with Crippen LogP contribution in [-0.2, 0) is 33.5 Å². The van der Waals surface area contributed by atoms with E-state index >= 15 is 0 Å². The predicted octanol–water partition coefficient (Wildman–Crippen LogP) is 6.26. The Hall–Kier alpha value is -3.63. The molecule has 2 N–H and O–H groups in total. The molecule has 206 valence electrons. The molecule has 7 nitrogen and oxygen atoms in total. The van der Waals surface area contributed by atoms with E-state index in [1.165, 1.54) is 22.5 Å². The second-order valence-corrected chi connectivity index (χ2v) is 10.3. The van der Waals surface area contributed by atoms with Crippen LogP contribution < -0.4 is 5.32 Å². The average molecular weight is 557 g/mol. The molecular weight excluding hydrogens is 526 g/mol. The summed E-state index contributed by atoms with van der Waals surface area (Å²) in [4.78, 5) is 29.6. The van der Waals surface area contributed by atoms with E-state index in [0.717, 1.165) is 80.0 Å². The van der Waals surface area contributed by atoms with Gasteiger partial charge in [0.2, 0.25) is 5.76 Å². The Kier molecular flexibility index (Phi) is 9.08. The number of rotatable bonds is 11. The number of carboxylic acids is 1. The quantitative estimate of drug-likeness (QED) is 0.214. The van der Waals surface area contributed by atoms with Crippen LogP contribution in [-0.4, -0.2) is 42.3 Å². The fourth-order valence-electron chi connectivity index (χ4n) is 4.79. The van der Waals surface area contributed by atoms with Gasteiger partial charge in [0.15, 0.2) is 5.13 Å². The molecule has 39 heavy (non-hydrogen) atoms. The van der Waals surface area contributed by atoms with E-state index < -0.39 is 34.8 Å². The third-order valence-electron chi connectivity index (χ3n) is 6.78. The number of thiazole rings is 1. The molecule has 0 bridgehead atoms. The number of nitrogens with zero attached hydrogens (tertiary/aromatic N) is 1. The zero-order chi connectivity index (χ0) is 28.1. The lowest BCUT2D eigenvalue weighted by atomic mass is 9.87. The second-order valence-electron chi connectivity index (χ2n) is 9.24. The average Bonchev–Trinajstić information content (AvgIpc) is 3.33. The van der Waals surface area contributed by atoms with E-state index in [4.69, 9.17) is 9.84 Å². The van der Waals surface area contributed by atoms with E-state index in [1.54, 1.807) is 7.11 Å². The number of aryl methyl sites for hydroxylation is 2. The fourth-order valence-corrected chi connectivity index (χ4v) is 5.76. The Morgan fingerprint density at radius 1 is 1.18 bits per heavy atom. The normalized spacial score (nSPS) is 13.4. The van der Waals surface area contributed by atoms with Crippen molar-refractivity contribution in [1.82, 2.24) is 4.98 Å². The van der Waals surface area contributed by atoms with Crippen LogP contribution >= 0.6 is 11.3 Å². The maximum absolute atomic E-state index is 14.6. The fraction of sp³-hybridized carbons (Fsp3) is 0.345. The molecular formula is C29H30F2N2O5S. The van der Waals surface area contributed by atoms with Crippen molar-refractivity contribution in [3.8, 4) is 11.3 Å². The van der Waals surface area contributed by atoms with Crippen molar-refractivity contribution >= 4 is 34.4 Å². The lowest BCUT2D eigenvalue weighted by Crippen LogP contribution is -2.13. The number of methoxy groups -OCH3 is 2. The van der Waals surface area contributed by atoms with E-state index in [-0.39, 0.29) is 11.7 Å². The van der Waals surface area contributed by atoms with Crippen LogP contribution in [0.4, 0.5) is 13.9 Å². The molecule has 1 amide bonds. The number of ether oxygens (including phenoxy) is 2. The molecule has 0 saturated carbocycles. The van der Waals surface area contributed by atoms with Gasteiger partial charge in [-0.05, 0) is 55.4 Å². The minimum atomic E-state index is -1.48. The third-order valence-corrected chi connectivity index (χ3v) is 7.81. The molecule has 0 fully saturated rings. The van der Waals surface area contributed by atoms with Crippen molar-refractivity contribution < 1.29 is 33.0 Å². The summed E-state index contributed by atoms with van der Waals surface area (Å²) in [6.45, 7) is 2.15. The monoisotopic (exact) mass is 556 g/mol. The van der Waals surface area contributed by atoms with E-state index in [9.17, 15) is 18.4 Å². The number of carbonyl (C=O) groups is 2. The summed E-state index contributed by atoms with van der Waals surface area (Å²) < 4.78 is 39.4. The summed E-state index contributed by atoms with van der Waals surface area (Å²) in [6.07, 6.45) is 6.55. The van der Waals surface area contributed by atoms with Gasteiger partial charge in [-0.25, -0.2) is 18.6 Å². The number of halogens is 2. The van der Waals surface area contributed by atoms with Crippen molar-refractivity contribution in [3.05, 3.63) is 74.9 Å². The molecule has 0 aliphatic heterocycles. The number of nitrogens with one attached hydrogen (secondary N) is 1. The van der Waals surface area contributed by atoms with Crippen molar-refractivity contribution in [1.29, 1.82) is 0 Å². The van der Waals surface area contributed by atoms with Gasteiger partial charge >= 0.3 is 5.97 Å². The molecule has 10 heteroatoms. The largest absolute Gasteiger partial charge is 0.490 e. The Morgan fingerprint density at radius 2 is 1.92 bits per heavy atom. The van der Waals surface area contributed by atoms with Gasteiger partial charge in [-0.3, -0.25) is 10.1 Å². The number of carboxylic acid groups (broad SMARTS) is 1. The molecule has 2 aromatic carbocycles. The van der Waals surface area contributed by atoms with Gasteiger partial charge in [0.05, 0.1) is 18.9 Å². The molecule has 0 spiro atoms. The van der Waals surface area contributed by atoms with E-state index in [2.05, 4.69) is 28.0 Å². The highest BCUT2D eigenvalue weighted by molar-refractivity contribution is 7.16. The summed E-state index contributed by atoms with van der Waals surface area (Å²) in [7, 11) is 2.83. The molecule has 1 heterocycles. The SMILES string of the molecule is CCCC(CCc1cccc2c1CCc1sc(NC(=O)c3cc(F)c(/C=C(/OC)C(=O)O)c(F)c3)nc1-2)OC. The van der Waals surface area contributed by atoms with Crippen LogP contribution in [0.5, 0.6) is 0 Å². The van der Waals surface area contributed by atoms with Gasteiger partial charge in [0.1, 0.15) is 11.6 Å². The van der Waals surface area contributed by atoms with Gasteiger partial charge in [0, 0.05) is 34.8 Å². The molecule has 1 unspecified atom stereocenters. The summed E-state index contributed by atoms with van der Waals surface area (Å²) in [5, 5.41) is 12.0. The first kappa shape index (κ1) is 28.4. The van der Waals surface area contributed by atoms with Crippen LogP contribution in [0.3, 0.4) is 0 Å². The number of amides is 1. The molecule has 0 saturated heterocycles. The van der Waals surface area contributed by atoms with Crippen molar-refractivity contribution in [3.63, 3.8) is 0 Å². The minimum absolute atomic E-state index is 0.227. The Bertz CT molecular complexity index is 1400. The lowest BCUT2D eigenvalue weighted by Gasteiger charge is -2.20. The smallest absolute Gasteiger partial charge is 0.371 e. The number of aliphatic carboxylic acids is 1. The number of benzene rings is 2. The number of fused-ring (bicyclic) bond motifs is 3. The maximum Gasteiger partial charge on any atom is 0.371 e. The Labute approximate surface area is 229 Å². The highest BCUT2D eigenvalue weighted by atomic mass is 32.1. The van der Waals surface area contributed by atoms with Gasteiger partial charge in [-0.2, -0.15) is 0 Å². The Morgan fingerprint density at radius 3 is 2.56 bits per heavy atom. The number of carbonyl (C=O) groups excluding carboxylic acids is 1. The van der Waals surface area contributed by atoms with Gasteiger partial charge in [0.25, 0.3) is 5.91 Å². The summed E-state index contributed by atoms with van der Waals surface area (Å²) in [5.41, 5.74) is 3.50. The van der Waals surface area contributed by atoms with Crippen molar-refractivity contribution in [2.45, 2.75) is 51.6 Å². The highest BCUT2D eigenvalue weighted by Crippen LogP contribution is 2.40. The number of hydrogen-bond donors (Lipinski definition) is 2. The highest BCUT2D eigenvalue weighted by Gasteiger charge is 2.24. The Balaban J connectivity index is 1.54. The van der Waals surface area contributed by atoms with Crippen LogP contribution in [0.25, 0.3) is 17.3 Å².